The summed E-state index contributed by atoms with van der Waals surface area (Å²) in [5, 5.41) is 3.79. The van der Waals surface area contributed by atoms with Gasteiger partial charge in [0.2, 0.25) is 11.7 Å². The maximum absolute atomic E-state index is 13.0. The van der Waals surface area contributed by atoms with Crippen molar-refractivity contribution in [3.63, 3.8) is 0 Å². The highest BCUT2D eigenvalue weighted by molar-refractivity contribution is 9.10. The summed E-state index contributed by atoms with van der Waals surface area (Å²) < 4.78 is 18.4. The Kier molecular flexibility index (Phi) is 3.56. The van der Waals surface area contributed by atoms with E-state index in [0.717, 1.165) is 0 Å². The third-order valence-electron chi connectivity index (χ3n) is 1.95. The zero-order chi connectivity index (χ0) is 11.5. The molecular weight excluding hydrogens is 298 g/mol. The van der Waals surface area contributed by atoms with Crippen molar-refractivity contribution < 1.29 is 8.91 Å². The van der Waals surface area contributed by atoms with Gasteiger partial charge in [0.15, 0.2) is 0 Å². The summed E-state index contributed by atoms with van der Waals surface area (Å²) in [5.74, 6) is 1.01. The molecule has 6 heteroatoms. The fourth-order valence-electron chi connectivity index (χ4n) is 1.19. The van der Waals surface area contributed by atoms with Crippen molar-refractivity contribution in [2.24, 2.45) is 0 Å². The highest BCUT2D eigenvalue weighted by Gasteiger charge is 2.09. The van der Waals surface area contributed by atoms with Crippen LogP contribution in [0.2, 0.25) is 0 Å². The normalized spacial score (nSPS) is 10.7. The molecule has 0 aliphatic carbocycles. The first-order chi connectivity index (χ1) is 7.70. The van der Waals surface area contributed by atoms with Crippen LogP contribution in [-0.4, -0.2) is 16.0 Å². The van der Waals surface area contributed by atoms with E-state index in [2.05, 4.69) is 26.1 Å². The summed E-state index contributed by atoms with van der Waals surface area (Å²) in [6.07, 6.45) is 0.525. The van der Waals surface area contributed by atoms with E-state index in [-0.39, 0.29) is 5.82 Å². The van der Waals surface area contributed by atoms with E-state index in [1.807, 2.05) is 0 Å². The zero-order valence-corrected chi connectivity index (χ0v) is 10.4. The Labute approximate surface area is 105 Å². The molecule has 0 N–H and O–H groups in total. The first-order valence-electron chi connectivity index (χ1n) is 4.54. The molecule has 0 bridgehead atoms. The van der Waals surface area contributed by atoms with Gasteiger partial charge in [-0.15, -0.1) is 11.6 Å². The van der Waals surface area contributed by atoms with Crippen LogP contribution >= 0.6 is 27.5 Å². The maximum atomic E-state index is 13.0. The highest BCUT2D eigenvalue weighted by atomic mass is 79.9. The molecule has 0 saturated carbocycles. The van der Waals surface area contributed by atoms with E-state index >= 15 is 0 Å². The van der Waals surface area contributed by atoms with E-state index in [1.165, 1.54) is 6.07 Å². The molecule has 1 aromatic heterocycles. The Morgan fingerprint density at radius 2 is 2.25 bits per heavy atom. The number of benzene rings is 1. The van der Waals surface area contributed by atoms with Gasteiger partial charge in [-0.05, 0) is 34.1 Å². The van der Waals surface area contributed by atoms with Gasteiger partial charge in [-0.25, -0.2) is 4.39 Å². The van der Waals surface area contributed by atoms with E-state index < -0.39 is 0 Å². The Balaban J connectivity index is 2.31. The average molecular weight is 306 g/mol. The third kappa shape index (κ3) is 2.41. The topological polar surface area (TPSA) is 38.9 Å². The van der Waals surface area contributed by atoms with Gasteiger partial charge in [-0.3, -0.25) is 0 Å². The highest BCUT2D eigenvalue weighted by Crippen LogP contribution is 2.23. The lowest BCUT2D eigenvalue weighted by Crippen LogP contribution is -1.86. The Morgan fingerprint density at radius 3 is 2.94 bits per heavy atom. The Morgan fingerprint density at radius 1 is 1.44 bits per heavy atom. The molecule has 0 saturated heterocycles. The van der Waals surface area contributed by atoms with Crippen LogP contribution in [0, 0.1) is 5.82 Å². The molecule has 0 aliphatic heterocycles. The number of hydrogen-bond acceptors (Lipinski definition) is 3. The molecule has 0 aliphatic rings. The summed E-state index contributed by atoms with van der Waals surface area (Å²) in [6, 6.07) is 4.54. The minimum absolute atomic E-state index is 0.326. The second-order valence-corrected chi connectivity index (χ2v) is 4.31. The van der Waals surface area contributed by atoms with E-state index in [1.54, 1.807) is 12.1 Å². The second kappa shape index (κ2) is 4.93. The summed E-state index contributed by atoms with van der Waals surface area (Å²) in [5.41, 5.74) is 0.692. The maximum Gasteiger partial charge on any atom is 0.228 e. The van der Waals surface area contributed by atoms with Crippen LogP contribution < -0.4 is 0 Å². The van der Waals surface area contributed by atoms with Gasteiger partial charge in [0.1, 0.15) is 5.82 Å². The SMILES string of the molecule is Fc1ccc(-c2noc(CCCl)n2)cc1Br. The van der Waals surface area contributed by atoms with Crippen molar-refractivity contribution in [2.75, 3.05) is 5.88 Å². The Bertz CT molecular complexity index is 503. The van der Waals surface area contributed by atoms with Gasteiger partial charge in [0.05, 0.1) is 4.47 Å². The summed E-state index contributed by atoms with van der Waals surface area (Å²) in [4.78, 5) is 4.14. The number of aromatic nitrogens is 2. The van der Waals surface area contributed by atoms with Crippen molar-refractivity contribution in [2.45, 2.75) is 6.42 Å². The van der Waals surface area contributed by atoms with Crippen LogP contribution in [0.4, 0.5) is 4.39 Å². The summed E-state index contributed by atoms with van der Waals surface area (Å²) in [7, 11) is 0. The Hall–Kier alpha value is -0.940. The molecule has 0 amide bonds. The molecule has 0 fully saturated rings. The molecular formula is C10H7BrClFN2O. The largest absolute Gasteiger partial charge is 0.339 e. The molecule has 2 aromatic rings. The lowest BCUT2D eigenvalue weighted by atomic mass is 10.2. The first-order valence-corrected chi connectivity index (χ1v) is 5.87. The molecule has 0 unspecified atom stereocenters. The van der Waals surface area contributed by atoms with Crippen LogP contribution in [0.15, 0.2) is 27.2 Å². The molecule has 1 heterocycles. The average Bonchev–Trinajstić information content (AvgIpc) is 2.71. The van der Waals surface area contributed by atoms with Crippen LogP contribution in [0.3, 0.4) is 0 Å². The minimum Gasteiger partial charge on any atom is -0.339 e. The molecule has 84 valence electrons. The third-order valence-corrected chi connectivity index (χ3v) is 2.75. The fourth-order valence-corrected chi connectivity index (χ4v) is 1.73. The van der Waals surface area contributed by atoms with Gasteiger partial charge in [0, 0.05) is 17.9 Å². The summed E-state index contributed by atoms with van der Waals surface area (Å²) >= 11 is 8.65. The minimum atomic E-state index is -0.326. The monoisotopic (exact) mass is 304 g/mol. The smallest absolute Gasteiger partial charge is 0.228 e. The lowest BCUT2D eigenvalue weighted by molar-refractivity contribution is 0.383. The second-order valence-electron chi connectivity index (χ2n) is 3.08. The number of nitrogens with zero attached hydrogens (tertiary/aromatic N) is 2. The van der Waals surface area contributed by atoms with Crippen LogP contribution in [0.25, 0.3) is 11.4 Å². The molecule has 0 radical (unpaired) electrons. The predicted molar refractivity (Wildman–Crippen MR) is 61.8 cm³/mol. The van der Waals surface area contributed by atoms with E-state index in [4.69, 9.17) is 16.1 Å². The van der Waals surface area contributed by atoms with Crippen molar-refractivity contribution in [1.82, 2.24) is 10.1 Å². The van der Waals surface area contributed by atoms with Gasteiger partial charge < -0.3 is 4.52 Å². The van der Waals surface area contributed by atoms with Gasteiger partial charge in [-0.2, -0.15) is 4.98 Å². The standard InChI is InChI=1S/C10H7BrClFN2O/c11-7-5-6(1-2-8(7)13)10-14-9(3-4-12)16-15-10/h1-2,5H,3-4H2. The lowest BCUT2D eigenvalue weighted by Gasteiger charge is -1.96. The molecule has 1 aromatic carbocycles. The van der Waals surface area contributed by atoms with Crippen molar-refractivity contribution >= 4 is 27.5 Å². The number of rotatable bonds is 3. The van der Waals surface area contributed by atoms with Gasteiger partial charge >= 0.3 is 0 Å². The van der Waals surface area contributed by atoms with Gasteiger partial charge in [-0.1, -0.05) is 5.16 Å². The number of hydrogen-bond donors (Lipinski definition) is 0. The van der Waals surface area contributed by atoms with Crippen molar-refractivity contribution in [3.05, 3.63) is 34.4 Å². The fraction of sp³-hybridized carbons (Fsp3) is 0.200. The molecule has 3 nitrogen and oxygen atoms in total. The van der Waals surface area contributed by atoms with E-state index in [0.29, 0.717) is 34.1 Å². The molecule has 0 atom stereocenters. The predicted octanol–water partition coefficient (Wildman–Crippen LogP) is 3.42. The van der Waals surface area contributed by atoms with Crippen molar-refractivity contribution in [3.8, 4) is 11.4 Å². The molecule has 0 spiro atoms. The van der Waals surface area contributed by atoms with Crippen LogP contribution in [-0.2, 0) is 6.42 Å². The number of aryl methyl sites for hydroxylation is 1. The summed E-state index contributed by atoms with van der Waals surface area (Å²) in [6.45, 7) is 0. The zero-order valence-electron chi connectivity index (χ0n) is 8.08. The number of halogens is 3. The number of alkyl halides is 1. The van der Waals surface area contributed by atoms with Gasteiger partial charge in [0.25, 0.3) is 0 Å². The van der Waals surface area contributed by atoms with Crippen LogP contribution in [0.5, 0.6) is 0 Å². The first kappa shape index (κ1) is 11.5. The quantitative estimate of drug-likeness (QED) is 0.816. The van der Waals surface area contributed by atoms with Crippen molar-refractivity contribution in [1.29, 1.82) is 0 Å². The van der Waals surface area contributed by atoms with E-state index in [9.17, 15) is 4.39 Å². The van der Waals surface area contributed by atoms with Crippen LogP contribution in [0.1, 0.15) is 5.89 Å². The molecule has 16 heavy (non-hydrogen) atoms. The molecule has 2 rings (SSSR count).